The number of benzene rings is 1. The maximum Gasteiger partial charge on any atom is 0.284 e. The maximum absolute atomic E-state index is 14.0. The molecule has 2 heterocycles. The molecule has 0 bridgehead atoms. The van der Waals surface area contributed by atoms with Crippen LogP contribution in [0.1, 0.15) is 55.4 Å². The quantitative estimate of drug-likeness (QED) is 0.342. The molecule has 1 aromatic carbocycles. The minimum atomic E-state index is -2.79. The number of carbonyl (C=O) groups is 3. The molecule has 8 nitrogen and oxygen atoms in total. The third kappa shape index (κ3) is 6.06. The van der Waals surface area contributed by atoms with E-state index in [9.17, 15) is 28.4 Å². The van der Waals surface area contributed by atoms with E-state index in [1.807, 2.05) is 30.3 Å². The highest BCUT2D eigenvalue weighted by Crippen LogP contribution is 2.38. The van der Waals surface area contributed by atoms with Crippen molar-refractivity contribution in [3.8, 4) is 6.07 Å². The Morgan fingerprint density at radius 3 is 2.74 bits per heavy atom. The van der Waals surface area contributed by atoms with Crippen LogP contribution in [-0.4, -0.2) is 49.8 Å². The van der Waals surface area contributed by atoms with Crippen LogP contribution in [0.25, 0.3) is 10.9 Å². The molecule has 35 heavy (non-hydrogen) atoms. The van der Waals surface area contributed by atoms with Crippen LogP contribution in [-0.2, 0) is 4.79 Å². The molecule has 1 saturated carbocycles. The van der Waals surface area contributed by atoms with Gasteiger partial charge in [0.15, 0.2) is 0 Å². The fourth-order valence-electron chi connectivity index (χ4n) is 4.81. The zero-order valence-corrected chi connectivity index (χ0v) is 20.2. The molecule has 1 aromatic heterocycles. The van der Waals surface area contributed by atoms with Crippen LogP contribution in [0.4, 0.5) is 13.6 Å². The second-order valence-electron chi connectivity index (χ2n) is 9.29. The van der Waals surface area contributed by atoms with Gasteiger partial charge in [0, 0.05) is 36.2 Å². The number of aromatic nitrogens is 1. The number of alkyl halides is 2. The van der Waals surface area contributed by atoms with E-state index in [0.717, 1.165) is 10.9 Å². The lowest BCUT2D eigenvalue weighted by atomic mass is 9.99. The lowest BCUT2D eigenvalue weighted by molar-refractivity contribution is -0.122. The number of H-pyrrole nitrogens is 1. The van der Waals surface area contributed by atoms with Gasteiger partial charge in [0.25, 0.3) is 14.9 Å². The van der Waals surface area contributed by atoms with Crippen molar-refractivity contribution in [1.29, 1.82) is 5.26 Å². The van der Waals surface area contributed by atoms with Gasteiger partial charge in [0.2, 0.25) is 17.4 Å². The number of rotatable bonds is 7. The van der Waals surface area contributed by atoms with E-state index in [2.05, 4.69) is 20.6 Å². The molecule has 1 aliphatic carbocycles. The highest BCUT2D eigenvalue weighted by molar-refractivity contribution is 6.90. The summed E-state index contributed by atoms with van der Waals surface area (Å²) in [5, 5.41) is 15.8. The molecule has 0 spiro atoms. The number of hydrogen-bond acceptors (Lipinski definition) is 4. The first-order valence-electron chi connectivity index (χ1n) is 11.9. The van der Waals surface area contributed by atoms with Gasteiger partial charge in [-0.3, -0.25) is 14.4 Å². The van der Waals surface area contributed by atoms with Crippen LogP contribution in [0.2, 0.25) is 5.54 Å². The number of nitrogens with zero attached hydrogens (tertiary/aromatic N) is 1. The van der Waals surface area contributed by atoms with Crippen molar-refractivity contribution < 1.29 is 23.2 Å². The molecule has 1 aliphatic heterocycles. The van der Waals surface area contributed by atoms with Crippen molar-refractivity contribution >= 4 is 37.2 Å². The average Bonchev–Trinajstić information content (AvgIpc) is 3.40. The third-order valence-corrected chi connectivity index (χ3v) is 9.30. The molecule has 3 atom stereocenters. The monoisotopic (exact) mass is 500 g/mol. The number of nitriles is 1. The Morgan fingerprint density at radius 1 is 1.23 bits per heavy atom. The Morgan fingerprint density at radius 2 is 2.03 bits per heavy atom. The summed E-state index contributed by atoms with van der Waals surface area (Å²) < 4.78 is 28.0. The summed E-state index contributed by atoms with van der Waals surface area (Å²) in [6.45, 7) is 0.529. The minimum Gasteiger partial charge on any atom is -0.368 e. The molecule has 11 heteroatoms. The summed E-state index contributed by atoms with van der Waals surface area (Å²) in [5.74, 6) is -3.79. The largest absolute Gasteiger partial charge is 0.368 e. The van der Waals surface area contributed by atoms with Gasteiger partial charge < -0.3 is 20.6 Å². The fraction of sp³-hybridized carbons (Fsp3) is 0.500. The molecule has 2 aliphatic rings. The zero-order chi connectivity index (χ0) is 25.0. The van der Waals surface area contributed by atoms with Crippen LogP contribution in [0.5, 0.6) is 0 Å². The van der Waals surface area contributed by atoms with Gasteiger partial charge in [0.05, 0.1) is 6.07 Å². The summed E-state index contributed by atoms with van der Waals surface area (Å²) in [6.07, 6.45) is 0.933. The van der Waals surface area contributed by atoms with Gasteiger partial charge in [-0.2, -0.15) is 5.26 Å². The van der Waals surface area contributed by atoms with Crippen molar-refractivity contribution in [3.63, 3.8) is 0 Å². The fourth-order valence-corrected chi connectivity index (χ4v) is 7.14. The van der Waals surface area contributed by atoms with Crippen molar-refractivity contribution in [2.24, 2.45) is 5.92 Å². The molecule has 1 saturated heterocycles. The van der Waals surface area contributed by atoms with Crippen molar-refractivity contribution in [2.75, 3.05) is 6.54 Å². The SMILES string of the molecule is N#C[C@H](CC1CCNC1=O)NC(=O)[Si](NC(=O)c1cc2ccccc2[nH]1)C1CCCC(F)(F)CC1. The number of aromatic amines is 1. The summed E-state index contributed by atoms with van der Waals surface area (Å²) >= 11 is 0. The van der Waals surface area contributed by atoms with Gasteiger partial charge in [0.1, 0.15) is 11.7 Å². The van der Waals surface area contributed by atoms with Crippen LogP contribution in [0.3, 0.4) is 0 Å². The average molecular weight is 501 g/mol. The molecule has 1 radical (unpaired) electrons. The van der Waals surface area contributed by atoms with E-state index in [0.29, 0.717) is 19.4 Å². The minimum absolute atomic E-state index is 0.115. The Hall–Kier alpha value is -3.26. The van der Waals surface area contributed by atoms with Crippen molar-refractivity contribution in [1.82, 2.24) is 20.6 Å². The Balaban J connectivity index is 1.51. The molecule has 4 N–H and O–H groups in total. The van der Waals surface area contributed by atoms with Crippen molar-refractivity contribution in [3.05, 3.63) is 36.0 Å². The number of hydrogen-bond donors (Lipinski definition) is 4. The number of para-hydroxylation sites is 1. The summed E-state index contributed by atoms with van der Waals surface area (Å²) in [7, 11) is -2.38. The van der Waals surface area contributed by atoms with Gasteiger partial charge in [-0.25, -0.2) is 8.78 Å². The first-order chi connectivity index (χ1) is 16.8. The summed E-state index contributed by atoms with van der Waals surface area (Å²) in [4.78, 5) is 44.2. The van der Waals surface area contributed by atoms with Crippen molar-refractivity contribution in [2.45, 2.75) is 62.5 Å². The van der Waals surface area contributed by atoms with Gasteiger partial charge in [-0.1, -0.05) is 24.6 Å². The summed E-state index contributed by atoms with van der Waals surface area (Å²) in [6, 6.07) is 10.2. The molecular weight excluding hydrogens is 472 g/mol. The molecule has 185 valence electrons. The molecular formula is C24H28F2N5O3Si. The molecule has 3 amide bonds. The van der Waals surface area contributed by atoms with Crippen LogP contribution < -0.4 is 15.6 Å². The standard InChI is InChI=1S/C24H28F2N5O3Si/c25-24(26)9-3-5-18(7-10-24)35(23(34)29-17(14-27)12-16-8-11-28-21(16)32)31-22(33)20-13-15-4-1-2-6-19(15)30-20/h1-2,4,6,13,16-18,30H,3,5,7-12H2,(H,28,32)(H,29,34)(H,31,33)/t16?,17-,18?/m0/s1. The number of amides is 3. The van der Waals surface area contributed by atoms with E-state index >= 15 is 0 Å². The lowest BCUT2D eigenvalue weighted by Gasteiger charge is -2.25. The third-order valence-electron chi connectivity index (χ3n) is 6.77. The molecule has 4 rings (SSSR count). The van der Waals surface area contributed by atoms with Crippen LogP contribution in [0.15, 0.2) is 30.3 Å². The lowest BCUT2D eigenvalue weighted by Crippen LogP contribution is -2.55. The maximum atomic E-state index is 14.0. The zero-order valence-electron chi connectivity index (χ0n) is 19.2. The van der Waals surface area contributed by atoms with E-state index in [-0.39, 0.29) is 49.6 Å². The van der Waals surface area contributed by atoms with E-state index in [1.165, 1.54) is 0 Å². The predicted molar refractivity (Wildman–Crippen MR) is 127 cm³/mol. The van der Waals surface area contributed by atoms with E-state index < -0.39 is 37.9 Å². The summed E-state index contributed by atoms with van der Waals surface area (Å²) in [5.41, 5.74) is 0.139. The first kappa shape index (κ1) is 24.8. The molecule has 2 aromatic rings. The van der Waals surface area contributed by atoms with Crippen LogP contribution >= 0.6 is 0 Å². The van der Waals surface area contributed by atoms with E-state index in [1.54, 1.807) is 6.07 Å². The highest BCUT2D eigenvalue weighted by Gasteiger charge is 2.41. The number of carbonyl (C=O) groups excluding carboxylic acids is 3. The van der Waals surface area contributed by atoms with Crippen LogP contribution in [0, 0.1) is 17.2 Å². The molecule has 2 unspecified atom stereocenters. The highest BCUT2D eigenvalue weighted by atomic mass is 28.3. The van der Waals surface area contributed by atoms with Gasteiger partial charge in [-0.05, 0) is 43.4 Å². The number of halogens is 2. The molecule has 2 fully saturated rings. The van der Waals surface area contributed by atoms with Gasteiger partial charge in [-0.15, -0.1) is 0 Å². The Kier molecular flexibility index (Phi) is 7.50. The number of fused-ring (bicyclic) bond motifs is 1. The second kappa shape index (κ2) is 10.6. The normalized spacial score (nSPS) is 22.7. The Bertz CT molecular complexity index is 1110. The smallest absolute Gasteiger partial charge is 0.284 e. The number of nitrogens with one attached hydrogen (secondary N) is 4. The first-order valence-corrected chi connectivity index (χ1v) is 13.5. The second-order valence-corrected chi connectivity index (χ2v) is 11.6. The predicted octanol–water partition coefficient (Wildman–Crippen LogP) is 3.57. The Labute approximate surface area is 203 Å². The van der Waals surface area contributed by atoms with Gasteiger partial charge >= 0.3 is 0 Å². The topological polar surface area (TPSA) is 127 Å². The van der Waals surface area contributed by atoms with E-state index in [4.69, 9.17) is 0 Å².